The van der Waals surface area contributed by atoms with E-state index in [0.29, 0.717) is 42.8 Å². The Kier molecular flexibility index (Phi) is 5.20. The summed E-state index contributed by atoms with van der Waals surface area (Å²) in [5.74, 6) is 1.69. The topological polar surface area (TPSA) is 105 Å². The molecule has 0 atom stereocenters. The fourth-order valence-electron chi connectivity index (χ4n) is 3.42. The fourth-order valence-corrected chi connectivity index (χ4v) is 4.58. The van der Waals surface area contributed by atoms with Crippen LogP contribution in [-0.2, 0) is 10.0 Å². The standard InChI is InChI=1S/C19H24N4O4S/c1-13-21-18(27-22-13)15-7-9-23(10-8-15)19(24)16-3-2-4-17(11-16)28(25,26)20-12-14-5-6-14/h2-4,11,14-15,20H,5-10,12H2,1H3. The molecule has 1 saturated carbocycles. The highest BCUT2D eigenvalue weighted by atomic mass is 32.2. The molecule has 0 unspecified atom stereocenters. The Morgan fingerprint density at radius 1 is 1.25 bits per heavy atom. The van der Waals surface area contributed by atoms with Crippen molar-refractivity contribution >= 4 is 15.9 Å². The Labute approximate surface area is 164 Å². The van der Waals surface area contributed by atoms with E-state index in [1.54, 1.807) is 24.0 Å². The highest BCUT2D eigenvalue weighted by Gasteiger charge is 2.29. The van der Waals surface area contributed by atoms with Crippen LogP contribution in [0.15, 0.2) is 33.7 Å². The molecule has 2 aliphatic rings. The van der Waals surface area contributed by atoms with E-state index in [4.69, 9.17) is 4.52 Å². The number of likely N-dealkylation sites (tertiary alicyclic amines) is 1. The summed E-state index contributed by atoms with van der Waals surface area (Å²) in [6.45, 7) is 3.39. The second-order valence-corrected chi connectivity index (χ2v) is 9.34. The highest BCUT2D eigenvalue weighted by molar-refractivity contribution is 7.89. The molecule has 1 aliphatic carbocycles. The van der Waals surface area contributed by atoms with Crippen LogP contribution >= 0.6 is 0 Å². The van der Waals surface area contributed by atoms with Gasteiger partial charge in [0.2, 0.25) is 15.9 Å². The van der Waals surface area contributed by atoms with Gasteiger partial charge in [0, 0.05) is 31.1 Å². The zero-order chi connectivity index (χ0) is 19.7. The first-order chi connectivity index (χ1) is 13.4. The molecule has 2 heterocycles. The number of hydrogen-bond acceptors (Lipinski definition) is 6. The molecule has 9 heteroatoms. The van der Waals surface area contributed by atoms with Crippen molar-refractivity contribution in [3.8, 4) is 0 Å². The smallest absolute Gasteiger partial charge is 0.253 e. The number of benzene rings is 1. The van der Waals surface area contributed by atoms with Crippen LogP contribution in [0, 0.1) is 12.8 Å². The summed E-state index contributed by atoms with van der Waals surface area (Å²) < 4.78 is 32.8. The molecular formula is C19H24N4O4S. The lowest BCUT2D eigenvalue weighted by Gasteiger charge is -2.30. The van der Waals surface area contributed by atoms with Crippen molar-refractivity contribution in [1.29, 1.82) is 0 Å². The van der Waals surface area contributed by atoms with E-state index in [2.05, 4.69) is 14.9 Å². The molecular weight excluding hydrogens is 380 g/mol. The molecule has 2 aromatic rings. The Morgan fingerprint density at radius 2 is 2.00 bits per heavy atom. The third kappa shape index (κ3) is 4.25. The Bertz CT molecular complexity index is 960. The second-order valence-electron chi connectivity index (χ2n) is 7.57. The van der Waals surface area contributed by atoms with Crippen LogP contribution in [-0.4, -0.2) is 49.0 Å². The third-order valence-electron chi connectivity index (χ3n) is 5.32. The molecule has 150 valence electrons. The first kappa shape index (κ1) is 19.1. The van der Waals surface area contributed by atoms with Crippen molar-refractivity contribution in [2.45, 2.75) is 43.4 Å². The zero-order valence-electron chi connectivity index (χ0n) is 15.8. The summed E-state index contributed by atoms with van der Waals surface area (Å²) in [5.41, 5.74) is 0.390. The molecule has 1 N–H and O–H groups in total. The lowest BCUT2D eigenvalue weighted by Crippen LogP contribution is -2.38. The van der Waals surface area contributed by atoms with Crippen molar-refractivity contribution in [2.24, 2.45) is 5.92 Å². The first-order valence-electron chi connectivity index (χ1n) is 9.61. The molecule has 2 fully saturated rings. The molecule has 1 amide bonds. The van der Waals surface area contributed by atoms with Gasteiger partial charge in [-0.1, -0.05) is 11.2 Å². The third-order valence-corrected chi connectivity index (χ3v) is 6.75. The summed E-state index contributed by atoms with van der Waals surface area (Å²) in [6, 6.07) is 6.27. The van der Waals surface area contributed by atoms with Crippen LogP contribution in [0.4, 0.5) is 0 Å². The van der Waals surface area contributed by atoms with Crippen LogP contribution < -0.4 is 4.72 Å². The van der Waals surface area contributed by atoms with E-state index in [-0.39, 0.29) is 16.7 Å². The number of hydrogen-bond donors (Lipinski definition) is 1. The van der Waals surface area contributed by atoms with Crippen LogP contribution in [0.25, 0.3) is 0 Å². The van der Waals surface area contributed by atoms with Gasteiger partial charge < -0.3 is 9.42 Å². The highest BCUT2D eigenvalue weighted by Crippen LogP contribution is 2.29. The molecule has 8 nitrogen and oxygen atoms in total. The number of sulfonamides is 1. The fraction of sp³-hybridized carbons (Fsp3) is 0.526. The van der Waals surface area contributed by atoms with Gasteiger partial charge in [0.25, 0.3) is 5.91 Å². The number of nitrogens with one attached hydrogen (secondary N) is 1. The molecule has 0 bridgehead atoms. The largest absolute Gasteiger partial charge is 0.339 e. The minimum atomic E-state index is -3.59. The number of nitrogens with zero attached hydrogens (tertiary/aromatic N) is 3. The quantitative estimate of drug-likeness (QED) is 0.790. The predicted octanol–water partition coefficient (Wildman–Crippen LogP) is 2.09. The van der Waals surface area contributed by atoms with E-state index >= 15 is 0 Å². The summed E-state index contributed by atoms with van der Waals surface area (Å²) >= 11 is 0. The van der Waals surface area contributed by atoms with Crippen molar-refractivity contribution in [3.05, 3.63) is 41.5 Å². The Hall–Kier alpha value is -2.26. The van der Waals surface area contributed by atoms with Gasteiger partial charge >= 0.3 is 0 Å². The summed E-state index contributed by atoms with van der Waals surface area (Å²) in [5, 5.41) is 3.83. The lowest BCUT2D eigenvalue weighted by molar-refractivity contribution is 0.0704. The zero-order valence-corrected chi connectivity index (χ0v) is 16.6. The number of amides is 1. The number of aryl methyl sites for hydroxylation is 1. The van der Waals surface area contributed by atoms with E-state index in [9.17, 15) is 13.2 Å². The number of carbonyl (C=O) groups excluding carboxylic acids is 1. The molecule has 0 spiro atoms. The van der Waals surface area contributed by atoms with Gasteiger partial charge in [-0.05, 0) is 56.7 Å². The Balaban J connectivity index is 1.41. The summed E-state index contributed by atoms with van der Waals surface area (Å²) in [4.78, 5) is 19.0. The van der Waals surface area contributed by atoms with E-state index < -0.39 is 10.0 Å². The van der Waals surface area contributed by atoms with Crippen LogP contribution in [0.3, 0.4) is 0 Å². The van der Waals surface area contributed by atoms with E-state index in [0.717, 1.165) is 25.7 Å². The van der Waals surface area contributed by atoms with E-state index in [1.165, 1.54) is 12.1 Å². The summed E-state index contributed by atoms with van der Waals surface area (Å²) in [7, 11) is -3.59. The van der Waals surface area contributed by atoms with Crippen LogP contribution in [0.5, 0.6) is 0 Å². The minimum Gasteiger partial charge on any atom is -0.339 e. The molecule has 0 radical (unpaired) electrons. The molecule has 1 aliphatic heterocycles. The maximum Gasteiger partial charge on any atom is 0.253 e. The maximum absolute atomic E-state index is 12.9. The van der Waals surface area contributed by atoms with Crippen LogP contribution in [0.2, 0.25) is 0 Å². The molecule has 1 saturated heterocycles. The Morgan fingerprint density at radius 3 is 2.64 bits per heavy atom. The lowest BCUT2D eigenvalue weighted by atomic mass is 9.96. The SMILES string of the molecule is Cc1noc(C2CCN(C(=O)c3cccc(S(=O)(=O)NCC4CC4)c3)CC2)n1. The van der Waals surface area contributed by atoms with Gasteiger partial charge in [-0.2, -0.15) is 4.98 Å². The molecule has 28 heavy (non-hydrogen) atoms. The normalized spacial score (nSPS) is 18.4. The monoisotopic (exact) mass is 404 g/mol. The van der Waals surface area contributed by atoms with Gasteiger partial charge in [0.15, 0.2) is 5.82 Å². The van der Waals surface area contributed by atoms with Crippen molar-refractivity contribution in [3.63, 3.8) is 0 Å². The van der Waals surface area contributed by atoms with Gasteiger partial charge in [0.05, 0.1) is 4.90 Å². The number of carbonyl (C=O) groups is 1. The van der Waals surface area contributed by atoms with Gasteiger partial charge in [-0.15, -0.1) is 0 Å². The predicted molar refractivity (Wildman–Crippen MR) is 101 cm³/mol. The minimum absolute atomic E-state index is 0.134. The van der Waals surface area contributed by atoms with Gasteiger partial charge in [0.1, 0.15) is 0 Å². The number of rotatable bonds is 6. The number of aromatic nitrogens is 2. The van der Waals surface area contributed by atoms with Crippen LogP contribution in [0.1, 0.15) is 53.7 Å². The van der Waals surface area contributed by atoms with Crippen molar-refractivity contribution in [2.75, 3.05) is 19.6 Å². The number of piperidine rings is 1. The molecule has 1 aromatic carbocycles. The molecule has 1 aromatic heterocycles. The average molecular weight is 404 g/mol. The average Bonchev–Trinajstić information content (AvgIpc) is 3.45. The molecule has 4 rings (SSSR count). The second kappa shape index (κ2) is 7.63. The van der Waals surface area contributed by atoms with E-state index in [1.807, 2.05) is 0 Å². The van der Waals surface area contributed by atoms with Gasteiger partial charge in [-0.3, -0.25) is 4.79 Å². The maximum atomic E-state index is 12.9. The first-order valence-corrected chi connectivity index (χ1v) is 11.1. The van der Waals surface area contributed by atoms with Gasteiger partial charge in [-0.25, -0.2) is 13.1 Å². The van der Waals surface area contributed by atoms with Crippen molar-refractivity contribution < 1.29 is 17.7 Å². The van der Waals surface area contributed by atoms with Crippen molar-refractivity contribution in [1.82, 2.24) is 19.8 Å². The summed E-state index contributed by atoms with van der Waals surface area (Å²) in [6.07, 6.45) is 3.63.